The number of aliphatic imine (C=N–C) groups is 1. The number of furan rings is 1. The molecule has 1 aromatic heterocycles. The van der Waals surface area contributed by atoms with Crippen molar-refractivity contribution in [2.75, 3.05) is 25.5 Å². The minimum atomic E-state index is 0.538. The molecule has 1 aliphatic heterocycles. The number of hydrogen-bond donors (Lipinski definition) is 1. The summed E-state index contributed by atoms with van der Waals surface area (Å²) in [6.45, 7) is 2.61. The highest BCUT2D eigenvalue weighted by molar-refractivity contribution is 5.94. The molecule has 22 heavy (non-hydrogen) atoms. The largest absolute Gasteiger partial charge is 0.497 e. The SMILES string of the molecule is COc1cccc(NC(=NCc2ccco2)N2CCCC2)c1. The second-order valence-electron chi connectivity index (χ2n) is 5.27. The molecular weight excluding hydrogens is 278 g/mol. The number of nitrogens with one attached hydrogen (secondary N) is 1. The Morgan fingerprint density at radius 3 is 2.86 bits per heavy atom. The molecule has 2 aromatic rings. The minimum absolute atomic E-state index is 0.538. The van der Waals surface area contributed by atoms with Crippen LogP contribution in [0.1, 0.15) is 18.6 Å². The van der Waals surface area contributed by atoms with Crippen molar-refractivity contribution in [1.82, 2.24) is 4.90 Å². The number of hydrogen-bond acceptors (Lipinski definition) is 3. The lowest BCUT2D eigenvalue weighted by molar-refractivity contribution is 0.415. The fraction of sp³-hybridized carbons (Fsp3) is 0.353. The zero-order valence-corrected chi connectivity index (χ0v) is 12.8. The van der Waals surface area contributed by atoms with Crippen molar-refractivity contribution >= 4 is 11.6 Å². The number of rotatable bonds is 4. The molecule has 1 N–H and O–H groups in total. The van der Waals surface area contributed by atoms with Crippen LogP contribution in [0.4, 0.5) is 5.69 Å². The second kappa shape index (κ2) is 7.02. The van der Waals surface area contributed by atoms with Crippen molar-refractivity contribution in [2.45, 2.75) is 19.4 Å². The van der Waals surface area contributed by atoms with Crippen molar-refractivity contribution in [1.29, 1.82) is 0 Å². The lowest BCUT2D eigenvalue weighted by Crippen LogP contribution is -2.34. The van der Waals surface area contributed by atoms with Crippen LogP contribution in [0.3, 0.4) is 0 Å². The third kappa shape index (κ3) is 3.61. The van der Waals surface area contributed by atoms with E-state index in [1.807, 2.05) is 36.4 Å². The van der Waals surface area contributed by atoms with E-state index in [-0.39, 0.29) is 0 Å². The Kier molecular flexibility index (Phi) is 4.63. The van der Waals surface area contributed by atoms with Gasteiger partial charge in [0.05, 0.1) is 13.4 Å². The van der Waals surface area contributed by atoms with Crippen LogP contribution < -0.4 is 10.1 Å². The first-order chi connectivity index (χ1) is 10.8. The molecule has 0 bridgehead atoms. The summed E-state index contributed by atoms with van der Waals surface area (Å²) in [4.78, 5) is 6.98. The molecule has 116 valence electrons. The van der Waals surface area contributed by atoms with Gasteiger partial charge >= 0.3 is 0 Å². The molecule has 1 aliphatic rings. The van der Waals surface area contributed by atoms with E-state index in [4.69, 9.17) is 14.1 Å². The lowest BCUT2D eigenvalue weighted by atomic mass is 10.3. The number of nitrogens with zero attached hydrogens (tertiary/aromatic N) is 2. The summed E-state index contributed by atoms with van der Waals surface area (Å²) in [5.74, 6) is 2.59. The quantitative estimate of drug-likeness (QED) is 0.695. The molecule has 5 heteroatoms. The van der Waals surface area contributed by atoms with Crippen LogP contribution in [0.25, 0.3) is 0 Å². The number of likely N-dealkylation sites (tertiary alicyclic amines) is 1. The Hall–Kier alpha value is -2.43. The van der Waals surface area contributed by atoms with E-state index >= 15 is 0 Å². The molecule has 0 atom stereocenters. The monoisotopic (exact) mass is 299 g/mol. The molecule has 0 unspecified atom stereocenters. The van der Waals surface area contributed by atoms with Gasteiger partial charge in [-0.2, -0.15) is 0 Å². The summed E-state index contributed by atoms with van der Waals surface area (Å²) in [5, 5.41) is 3.41. The number of benzene rings is 1. The fourth-order valence-corrected chi connectivity index (χ4v) is 2.53. The van der Waals surface area contributed by atoms with E-state index in [0.717, 1.165) is 36.2 Å². The van der Waals surface area contributed by atoms with E-state index in [9.17, 15) is 0 Å². The predicted molar refractivity (Wildman–Crippen MR) is 87.3 cm³/mol. The zero-order valence-electron chi connectivity index (χ0n) is 12.8. The summed E-state index contributed by atoms with van der Waals surface area (Å²) in [6, 6.07) is 11.7. The number of guanidine groups is 1. The molecule has 1 fully saturated rings. The van der Waals surface area contributed by atoms with Crippen molar-refractivity contribution in [3.05, 3.63) is 48.4 Å². The third-order valence-electron chi connectivity index (χ3n) is 3.70. The van der Waals surface area contributed by atoms with Gasteiger partial charge in [0.25, 0.3) is 0 Å². The smallest absolute Gasteiger partial charge is 0.198 e. The Morgan fingerprint density at radius 2 is 2.14 bits per heavy atom. The molecule has 0 radical (unpaired) electrons. The van der Waals surface area contributed by atoms with Gasteiger partial charge in [-0.1, -0.05) is 6.07 Å². The standard InChI is InChI=1S/C17H21N3O2/c1-21-15-7-4-6-14(12-15)19-17(20-9-2-3-10-20)18-13-16-8-5-11-22-16/h4-8,11-12H,2-3,9-10,13H2,1H3,(H,18,19). The maximum absolute atomic E-state index is 5.36. The maximum atomic E-state index is 5.36. The third-order valence-corrected chi connectivity index (χ3v) is 3.70. The van der Waals surface area contributed by atoms with Gasteiger partial charge in [0.15, 0.2) is 5.96 Å². The fourth-order valence-electron chi connectivity index (χ4n) is 2.53. The van der Waals surface area contributed by atoms with Crippen molar-refractivity contribution in [3.8, 4) is 5.75 Å². The van der Waals surface area contributed by atoms with Gasteiger partial charge < -0.3 is 19.4 Å². The highest BCUT2D eigenvalue weighted by Crippen LogP contribution is 2.18. The number of methoxy groups -OCH3 is 1. The summed E-state index contributed by atoms with van der Waals surface area (Å²) in [6.07, 6.45) is 4.09. The first-order valence-electron chi connectivity index (χ1n) is 7.58. The number of anilines is 1. The van der Waals surface area contributed by atoms with Gasteiger partial charge in [-0.15, -0.1) is 0 Å². The van der Waals surface area contributed by atoms with Crippen LogP contribution >= 0.6 is 0 Å². The van der Waals surface area contributed by atoms with Gasteiger partial charge in [0.1, 0.15) is 18.1 Å². The lowest BCUT2D eigenvalue weighted by Gasteiger charge is -2.21. The first kappa shape index (κ1) is 14.5. The number of ether oxygens (including phenoxy) is 1. The summed E-state index contributed by atoms with van der Waals surface area (Å²) in [7, 11) is 1.67. The van der Waals surface area contributed by atoms with Crippen LogP contribution in [0.15, 0.2) is 52.1 Å². The zero-order chi connectivity index (χ0) is 15.2. The Bertz CT molecular complexity index is 617. The van der Waals surface area contributed by atoms with Crippen molar-refractivity contribution in [3.63, 3.8) is 0 Å². The van der Waals surface area contributed by atoms with Crippen LogP contribution in [0, 0.1) is 0 Å². The summed E-state index contributed by atoms with van der Waals surface area (Å²) in [5.41, 5.74) is 0.976. The first-order valence-corrected chi connectivity index (χ1v) is 7.58. The molecule has 1 saturated heterocycles. The van der Waals surface area contributed by atoms with Crippen molar-refractivity contribution < 1.29 is 9.15 Å². The molecule has 5 nitrogen and oxygen atoms in total. The van der Waals surface area contributed by atoms with Crippen LogP contribution in [-0.4, -0.2) is 31.1 Å². The highest BCUT2D eigenvalue weighted by Gasteiger charge is 2.16. The summed E-state index contributed by atoms with van der Waals surface area (Å²) >= 11 is 0. The van der Waals surface area contributed by atoms with Gasteiger partial charge in [-0.3, -0.25) is 0 Å². The van der Waals surface area contributed by atoms with Gasteiger partial charge in [0.2, 0.25) is 0 Å². The molecule has 0 amide bonds. The molecule has 0 aliphatic carbocycles. The van der Waals surface area contributed by atoms with E-state index in [1.54, 1.807) is 13.4 Å². The Balaban J connectivity index is 1.76. The molecule has 1 aromatic carbocycles. The summed E-state index contributed by atoms with van der Waals surface area (Å²) < 4.78 is 10.6. The van der Waals surface area contributed by atoms with E-state index in [2.05, 4.69) is 10.2 Å². The normalized spacial score (nSPS) is 15.1. The average molecular weight is 299 g/mol. The minimum Gasteiger partial charge on any atom is -0.497 e. The van der Waals surface area contributed by atoms with Crippen LogP contribution in [-0.2, 0) is 6.54 Å². The topological polar surface area (TPSA) is 50.0 Å². The Labute approximate surface area is 130 Å². The second-order valence-corrected chi connectivity index (χ2v) is 5.27. The molecular formula is C17H21N3O2. The van der Waals surface area contributed by atoms with Crippen LogP contribution in [0.5, 0.6) is 5.75 Å². The molecule has 0 spiro atoms. The van der Waals surface area contributed by atoms with E-state index in [1.165, 1.54) is 12.8 Å². The predicted octanol–water partition coefficient (Wildman–Crippen LogP) is 3.35. The molecule has 2 heterocycles. The average Bonchev–Trinajstić information content (AvgIpc) is 3.25. The molecule has 0 saturated carbocycles. The van der Waals surface area contributed by atoms with E-state index in [0.29, 0.717) is 6.54 Å². The van der Waals surface area contributed by atoms with Gasteiger partial charge in [-0.25, -0.2) is 4.99 Å². The van der Waals surface area contributed by atoms with Crippen LogP contribution in [0.2, 0.25) is 0 Å². The Morgan fingerprint density at radius 1 is 1.27 bits per heavy atom. The molecule has 3 rings (SSSR count). The van der Waals surface area contributed by atoms with E-state index < -0.39 is 0 Å². The van der Waals surface area contributed by atoms with Gasteiger partial charge in [-0.05, 0) is 37.1 Å². The maximum Gasteiger partial charge on any atom is 0.198 e. The van der Waals surface area contributed by atoms with Crippen molar-refractivity contribution in [2.24, 2.45) is 4.99 Å². The van der Waals surface area contributed by atoms with Gasteiger partial charge in [0, 0.05) is 24.8 Å². The highest BCUT2D eigenvalue weighted by atomic mass is 16.5.